The number of anilines is 2. The third kappa shape index (κ3) is 4.91. The molecule has 2 aliphatic rings. The van der Waals surface area contributed by atoms with Crippen LogP contribution in [0.25, 0.3) is 10.9 Å². The number of aromatic nitrogens is 5. The molecule has 2 aromatic heterocycles. The van der Waals surface area contributed by atoms with E-state index in [1.807, 2.05) is 0 Å². The molecule has 0 spiro atoms. The van der Waals surface area contributed by atoms with Gasteiger partial charge in [0.2, 0.25) is 17.0 Å². The van der Waals surface area contributed by atoms with Crippen LogP contribution in [0.2, 0.25) is 0 Å². The second-order valence-corrected chi connectivity index (χ2v) is 10.3. The molecule has 10 nitrogen and oxygen atoms in total. The second kappa shape index (κ2) is 10.5. The van der Waals surface area contributed by atoms with Crippen molar-refractivity contribution in [3.8, 4) is 0 Å². The van der Waals surface area contributed by atoms with Crippen LogP contribution in [0.1, 0.15) is 63.8 Å². The average molecular weight is 516 g/mol. The molecule has 2 aliphatic carbocycles. The molecule has 3 N–H and O–H groups in total. The molecule has 0 unspecified atom stereocenters. The minimum absolute atomic E-state index is 0.0883. The first kappa shape index (κ1) is 24.5. The number of benzene rings is 1. The fourth-order valence-corrected chi connectivity index (χ4v) is 5.66. The van der Waals surface area contributed by atoms with E-state index in [4.69, 9.17) is 0 Å². The molecule has 2 heterocycles. The third-order valence-corrected chi connectivity index (χ3v) is 7.67. The summed E-state index contributed by atoms with van der Waals surface area (Å²) in [7, 11) is 0. The monoisotopic (exact) mass is 515 g/mol. The van der Waals surface area contributed by atoms with Gasteiger partial charge in [-0.05, 0) is 44.1 Å². The topological polar surface area (TPSA) is 127 Å². The fraction of sp³-hybridized carbons (Fsp3) is 0.542. The highest BCUT2D eigenvalue weighted by Crippen LogP contribution is 2.32. The highest BCUT2D eigenvalue weighted by atomic mass is 32.2. The predicted molar refractivity (Wildman–Crippen MR) is 137 cm³/mol. The zero-order valence-corrected chi connectivity index (χ0v) is 21.0. The van der Waals surface area contributed by atoms with Gasteiger partial charge >= 0.3 is 5.69 Å². The van der Waals surface area contributed by atoms with Crippen molar-refractivity contribution in [1.29, 1.82) is 0 Å². The first-order chi connectivity index (χ1) is 17.4. The van der Waals surface area contributed by atoms with Crippen LogP contribution in [0, 0.1) is 5.82 Å². The van der Waals surface area contributed by atoms with E-state index in [0.29, 0.717) is 16.4 Å². The zero-order valence-electron chi connectivity index (χ0n) is 20.2. The number of thioether (sulfide) groups is 1. The van der Waals surface area contributed by atoms with Crippen LogP contribution in [0.4, 0.5) is 16.0 Å². The molecule has 1 amide bonds. The molecule has 0 aliphatic heterocycles. The molecule has 2 fully saturated rings. The van der Waals surface area contributed by atoms with Crippen molar-refractivity contribution in [1.82, 2.24) is 24.3 Å². The summed E-state index contributed by atoms with van der Waals surface area (Å²) in [4.78, 5) is 43.7. The summed E-state index contributed by atoms with van der Waals surface area (Å²) in [6, 6.07) is 2.86. The van der Waals surface area contributed by atoms with Gasteiger partial charge in [0.25, 0.3) is 5.56 Å². The summed E-state index contributed by atoms with van der Waals surface area (Å²) in [6.07, 6.45) is 10.6. The molecule has 1 aromatic carbocycles. The standard InChI is InChI=1S/C24H30FN7O3S/c1-36-23-28-22(29-30-23)27-20(33)13-31-21(34)16-11-17(25)18(26-14-7-3-2-4-8-14)12-19(16)32(24(31)35)15-9-5-6-10-15/h11-12,14-15,26H,2-10,13H2,1H3,(H2,27,28,29,30,33). The van der Waals surface area contributed by atoms with Crippen molar-refractivity contribution in [2.75, 3.05) is 16.9 Å². The predicted octanol–water partition coefficient (Wildman–Crippen LogP) is 3.64. The summed E-state index contributed by atoms with van der Waals surface area (Å²) in [5.74, 6) is -1.02. The number of H-pyrrole nitrogens is 1. The van der Waals surface area contributed by atoms with Gasteiger partial charge in [-0.15, -0.1) is 5.10 Å². The van der Waals surface area contributed by atoms with Crippen molar-refractivity contribution >= 4 is 40.2 Å². The normalized spacial score (nSPS) is 17.1. The number of nitrogens with one attached hydrogen (secondary N) is 3. The molecule has 12 heteroatoms. The van der Waals surface area contributed by atoms with Crippen LogP contribution >= 0.6 is 11.8 Å². The zero-order chi connectivity index (χ0) is 25.2. The molecule has 192 valence electrons. The minimum Gasteiger partial charge on any atom is -0.380 e. The summed E-state index contributed by atoms with van der Waals surface area (Å²) in [6.45, 7) is -0.515. The van der Waals surface area contributed by atoms with Crippen molar-refractivity contribution in [2.24, 2.45) is 0 Å². The number of carbonyl (C=O) groups excluding carboxylic acids is 1. The first-order valence-corrected chi connectivity index (χ1v) is 13.7. The third-order valence-electron chi connectivity index (χ3n) is 7.12. The Morgan fingerprint density at radius 1 is 1.14 bits per heavy atom. The maximum absolute atomic E-state index is 15.2. The van der Waals surface area contributed by atoms with E-state index in [0.717, 1.165) is 55.9 Å². The number of carbonyl (C=O) groups is 1. The number of nitrogens with zero attached hydrogens (tertiary/aromatic N) is 4. The highest BCUT2D eigenvalue weighted by Gasteiger charge is 2.25. The van der Waals surface area contributed by atoms with Crippen molar-refractivity contribution < 1.29 is 9.18 Å². The van der Waals surface area contributed by atoms with Gasteiger partial charge < -0.3 is 5.32 Å². The smallest absolute Gasteiger partial charge is 0.332 e. The number of fused-ring (bicyclic) bond motifs is 1. The van der Waals surface area contributed by atoms with Gasteiger partial charge in [-0.25, -0.2) is 14.3 Å². The molecular weight excluding hydrogens is 485 g/mol. The van der Waals surface area contributed by atoms with E-state index in [1.165, 1.54) is 24.2 Å². The Kier molecular flexibility index (Phi) is 7.13. The fourth-order valence-electron chi connectivity index (χ4n) is 5.34. The molecule has 0 radical (unpaired) electrons. The van der Waals surface area contributed by atoms with Gasteiger partial charge in [0, 0.05) is 12.1 Å². The van der Waals surface area contributed by atoms with E-state index < -0.39 is 29.5 Å². The molecule has 36 heavy (non-hydrogen) atoms. The summed E-state index contributed by atoms with van der Waals surface area (Å²) < 4.78 is 17.7. The van der Waals surface area contributed by atoms with Crippen LogP contribution in [-0.4, -0.2) is 42.5 Å². The number of rotatable bonds is 7. The van der Waals surface area contributed by atoms with Gasteiger partial charge in [0.05, 0.1) is 16.6 Å². The Bertz CT molecular complexity index is 1390. The summed E-state index contributed by atoms with van der Waals surface area (Å²) >= 11 is 1.30. The Balaban J connectivity index is 1.54. The lowest BCUT2D eigenvalue weighted by molar-refractivity contribution is -0.116. The second-order valence-electron chi connectivity index (χ2n) is 9.53. The largest absolute Gasteiger partial charge is 0.380 e. The Labute approximate surface area is 211 Å². The molecule has 0 saturated heterocycles. The Hall–Kier alpha value is -3.15. The first-order valence-electron chi connectivity index (χ1n) is 12.5. The van der Waals surface area contributed by atoms with Gasteiger partial charge in [-0.1, -0.05) is 43.9 Å². The number of aromatic amines is 1. The average Bonchev–Trinajstić information content (AvgIpc) is 3.56. The number of halogens is 1. The van der Waals surface area contributed by atoms with Crippen LogP contribution in [0.5, 0.6) is 0 Å². The maximum Gasteiger partial charge on any atom is 0.332 e. The summed E-state index contributed by atoms with van der Waals surface area (Å²) in [5, 5.41) is 12.9. The van der Waals surface area contributed by atoms with E-state index in [-0.39, 0.29) is 23.4 Å². The highest BCUT2D eigenvalue weighted by molar-refractivity contribution is 7.98. The van der Waals surface area contributed by atoms with Gasteiger partial charge in [-0.3, -0.25) is 24.0 Å². The molecule has 0 bridgehead atoms. The molecule has 3 aromatic rings. The van der Waals surface area contributed by atoms with Crippen LogP contribution in [0.15, 0.2) is 26.9 Å². The van der Waals surface area contributed by atoms with Crippen LogP contribution < -0.4 is 21.9 Å². The molecular formula is C24H30FN7O3S. The van der Waals surface area contributed by atoms with Crippen molar-refractivity contribution in [3.63, 3.8) is 0 Å². The van der Waals surface area contributed by atoms with E-state index in [1.54, 1.807) is 16.9 Å². The Morgan fingerprint density at radius 2 is 1.86 bits per heavy atom. The minimum atomic E-state index is -0.690. The van der Waals surface area contributed by atoms with E-state index in [2.05, 4.69) is 25.8 Å². The van der Waals surface area contributed by atoms with E-state index >= 15 is 4.39 Å². The number of hydrogen-bond donors (Lipinski definition) is 3. The van der Waals surface area contributed by atoms with Gasteiger partial charge in [0.1, 0.15) is 12.4 Å². The van der Waals surface area contributed by atoms with Gasteiger partial charge in [0.15, 0.2) is 0 Å². The van der Waals surface area contributed by atoms with Crippen LogP contribution in [-0.2, 0) is 11.3 Å². The number of amides is 1. The summed E-state index contributed by atoms with van der Waals surface area (Å²) in [5.41, 5.74) is -0.532. The van der Waals surface area contributed by atoms with Crippen molar-refractivity contribution in [2.45, 2.75) is 81.6 Å². The number of hydrogen-bond acceptors (Lipinski definition) is 7. The Morgan fingerprint density at radius 3 is 2.56 bits per heavy atom. The lowest BCUT2D eigenvalue weighted by Crippen LogP contribution is -2.43. The van der Waals surface area contributed by atoms with E-state index in [9.17, 15) is 14.4 Å². The SMILES string of the molecule is CSc1n[nH]c(NC(=O)Cn2c(=O)c3cc(F)c(NC4CCCCC4)cc3n(C3CCCC3)c2=O)n1. The van der Waals surface area contributed by atoms with Gasteiger partial charge in [-0.2, -0.15) is 4.98 Å². The quantitative estimate of drug-likeness (QED) is 0.410. The molecule has 0 atom stereocenters. The lowest BCUT2D eigenvalue weighted by Gasteiger charge is -2.25. The van der Waals surface area contributed by atoms with Crippen molar-refractivity contribution in [3.05, 3.63) is 38.8 Å². The lowest BCUT2D eigenvalue weighted by atomic mass is 9.95. The van der Waals surface area contributed by atoms with Crippen LogP contribution in [0.3, 0.4) is 0 Å². The molecule has 2 saturated carbocycles. The maximum atomic E-state index is 15.2. The molecule has 5 rings (SSSR count).